The van der Waals surface area contributed by atoms with Crippen molar-refractivity contribution in [2.45, 2.75) is 0 Å². The third kappa shape index (κ3) is 3.32. The number of nitrogens with zero attached hydrogens (tertiary/aromatic N) is 4. The molecule has 7 nitrogen and oxygen atoms in total. The van der Waals surface area contributed by atoms with Crippen LogP contribution in [-0.2, 0) is 0 Å². The summed E-state index contributed by atoms with van der Waals surface area (Å²) >= 11 is 0. The van der Waals surface area contributed by atoms with E-state index in [1.807, 2.05) is 18.2 Å². The monoisotopic (exact) mass is 257 g/mol. The number of methoxy groups -OCH3 is 1. The Morgan fingerprint density at radius 2 is 2.26 bits per heavy atom. The Morgan fingerprint density at radius 1 is 1.42 bits per heavy atom. The molecule has 0 fully saturated rings. The molecule has 1 aromatic rings. The smallest absolute Gasteiger partial charge is 0.365 e. The molecule has 0 bridgehead atoms. The highest BCUT2D eigenvalue weighted by Crippen LogP contribution is 2.11. The van der Waals surface area contributed by atoms with E-state index in [1.165, 1.54) is 6.21 Å². The summed E-state index contributed by atoms with van der Waals surface area (Å²) < 4.78 is 5.09. The highest BCUT2D eigenvalue weighted by atomic mass is 16.5. The summed E-state index contributed by atoms with van der Waals surface area (Å²) in [5, 5.41) is 16.9. The molecule has 1 N–H and O–H groups in total. The van der Waals surface area contributed by atoms with E-state index in [0.29, 0.717) is 0 Å². The first-order chi connectivity index (χ1) is 9.19. The van der Waals surface area contributed by atoms with Crippen molar-refractivity contribution in [1.82, 2.24) is 5.32 Å². The molecular weight excluding hydrogens is 246 g/mol. The number of carbonyl (C=O) groups excluding carboxylic acids is 1. The molecule has 0 saturated carbocycles. The SMILES string of the molecule is C=C1N=NC(=O)N/C1=N/N=C/c1cccc(OC)c1. The number of carbonyl (C=O) groups is 1. The van der Waals surface area contributed by atoms with E-state index in [9.17, 15) is 4.79 Å². The largest absolute Gasteiger partial charge is 0.497 e. The van der Waals surface area contributed by atoms with Crippen LogP contribution in [0.5, 0.6) is 5.75 Å². The van der Waals surface area contributed by atoms with Crippen LogP contribution >= 0.6 is 0 Å². The molecular formula is C12H11N5O2. The Morgan fingerprint density at radius 3 is 3.05 bits per heavy atom. The predicted molar refractivity (Wildman–Crippen MR) is 70.6 cm³/mol. The van der Waals surface area contributed by atoms with Crippen molar-refractivity contribution >= 4 is 18.1 Å². The minimum atomic E-state index is -0.595. The second kappa shape index (κ2) is 5.67. The van der Waals surface area contributed by atoms with Gasteiger partial charge < -0.3 is 4.74 Å². The molecule has 0 unspecified atom stereocenters. The van der Waals surface area contributed by atoms with Crippen molar-refractivity contribution in [3.05, 3.63) is 42.1 Å². The zero-order valence-electron chi connectivity index (χ0n) is 10.2. The van der Waals surface area contributed by atoms with Gasteiger partial charge in [0.25, 0.3) is 0 Å². The Balaban J connectivity index is 2.12. The fourth-order valence-corrected chi connectivity index (χ4v) is 1.31. The number of hydrogen-bond donors (Lipinski definition) is 1. The quantitative estimate of drug-likeness (QED) is 0.664. The average Bonchev–Trinajstić information content (AvgIpc) is 2.43. The number of azo groups is 1. The summed E-state index contributed by atoms with van der Waals surface area (Å²) in [6.07, 6.45) is 1.53. The van der Waals surface area contributed by atoms with Gasteiger partial charge in [-0.3, -0.25) is 5.32 Å². The number of rotatable bonds is 3. The molecule has 1 heterocycles. The van der Waals surface area contributed by atoms with Crippen LogP contribution in [0, 0.1) is 0 Å². The summed E-state index contributed by atoms with van der Waals surface area (Å²) in [5.41, 5.74) is 1.07. The van der Waals surface area contributed by atoms with Crippen molar-refractivity contribution in [3.8, 4) is 5.75 Å². The first-order valence-corrected chi connectivity index (χ1v) is 5.36. The van der Waals surface area contributed by atoms with Crippen molar-refractivity contribution in [1.29, 1.82) is 0 Å². The van der Waals surface area contributed by atoms with Crippen molar-refractivity contribution < 1.29 is 9.53 Å². The molecule has 19 heavy (non-hydrogen) atoms. The van der Waals surface area contributed by atoms with Crippen LogP contribution in [0.1, 0.15) is 5.56 Å². The second-order valence-corrected chi connectivity index (χ2v) is 3.55. The van der Waals surface area contributed by atoms with Crippen LogP contribution in [0.2, 0.25) is 0 Å². The molecule has 0 saturated heterocycles. The molecule has 1 aromatic carbocycles. The third-order valence-electron chi connectivity index (χ3n) is 2.22. The zero-order valence-corrected chi connectivity index (χ0v) is 10.2. The van der Waals surface area contributed by atoms with E-state index in [4.69, 9.17) is 4.74 Å². The Kier molecular flexibility index (Phi) is 3.77. The van der Waals surface area contributed by atoms with Gasteiger partial charge in [-0.15, -0.1) is 10.2 Å². The van der Waals surface area contributed by atoms with Gasteiger partial charge in [0.05, 0.1) is 13.3 Å². The minimum Gasteiger partial charge on any atom is -0.497 e. The molecule has 1 aliphatic heterocycles. The molecule has 0 aliphatic carbocycles. The van der Waals surface area contributed by atoms with E-state index < -0.39 is 6.03 Å². The van der Waals surface area contributed by atoms with Gasteiger partial charge in [-0.25, -0.2) is 4.79 Å². The number of amidine groups is 1. The maximum Gasteiger partial charge on any atom is 0.365 e. The summed E-state index contributed by atoms with van der Waals surface area (Å²) in [7, 11) is 1.59. The van der Waals surface area contributed by atoms with Crippen LogP contribution in [0.15, 0.2) is 57.0 Å². The second-order valence-electron chi connectivity index (χ2n) is 3.55. The highest BCUT2D eigenvalue weighted by molar-refractivity contribution is 6.08. The van der Waals surface area contributed by atoms with E-state index >= 15 is 0 Å². The number of ether oxygens (including phenoxy) is 1. The molecule has 0 radical (unpaired) electrons. The molecule has 2 amide bonds. The number of hydrogen-bond acceptors (Lipinski definition) is 5. The minimum absolute atomic E-state index is 0.180. The van der Waals surface area contributed by atoms with Gasteiger partial charge in [0, 0.05) is 0 Å². The van der Waals surface area contributed by atoms with Gasteiger partial charge in [0.15, 0.2) is 5.84 Å². The highest BCUT2D eigenvalue weighted by Gasteiger charge is 2.13. The van der Waals surface area contributed by atoms with Gasteiger partial charge in [-0.05, 0) is 17.7 Å². The third-order valence-corrected chi connectivity index (χ3v) is 2.22. The number of benzene rings is 1. The molecule has 7 heteroatoms. The Bertz CT molecular complexity index is 604. The zero-order chi connectivity index (χ0) is 13.7. The van der Waals surface area contributed by atoms with Crippen LogP contribution in [0.3, 0.4) is 0 Å². The Labute approximate surface area is 109 Å². The lowest BCUT2D eigenvalue weighted by atomic mass is 10.2. The first kappa shape index (κ1) is 12.6. The lowest BCUT2D eigenvalue weighted by Crippen LogP contribution is -2.31. The number of amides is 2. The summed E-state index contributed by atoms with van der Waals surface area (Å²) in [5.74, 6) is 0.903. The van der Waals surface area contributed by atoms with Crippen molar-refractivity contribution in [3.63, 3.8) is 0 Å². The maximum absolute atomic E-state index is 11.0. The lowest BCUT2D eigenvalue weighted by Gasteiger charge is -2.06. The normalized spacial score (nSPS) is 17.0. The van der Waals surface area contributed by atoms with Crippen LogP contribution in [0.25, 0.3) is 0 Å². The van der Waals surface area contributed by atoms with Crippen LogP contribution in [0.4, 0.5) is 4.79 Å². The lowest BCUT2D eigenvalue weighted by molar-refractivity contribution is 0.251. The van der Waals surface area contributed by atoms with Crippen LogP contribution < -0.4 is 10.1 Å². The van der Waals surface area contributed by atoms with Gasteiger partial charge in [-0.1, -0.05) is 23.8 Å². The van der Waals surface area contributed by atoms with E-state index in [1.54, 1.807) is 13.2 Å². The topological polar surface area (TPSA) is 87.8 Å². The summed E-state index contributed by atoms with van der Waals surface area (Å²) in [4.78, 5) is 11.0. The fourth-order valence-electron chi connectivity index (χ4n) is 1.31. The average molecular weight is 257 g/mol. The molecule has 0 atom stereocenters. The molecule has 96 valence electrons. The summed E-state index contributed by atoms with van der Waals surface area (Å²) in [6.45, 7) is 3.58. The van der Waals surface area contributed by atoms with Gasteiger partial charge >= 0.3 is 6.03 Å². The number of nitrogens with one attached hydrogen (secondary N) is 1. The Hall–Kier alpha value is -2.83. The van der Waals surface area contributed by atoms with Crippen molar-refractivity contribution in [2.75, 3.05) is 7.11 Å². The van der Waals surface area contributed by atoms with Crippen LogP contribution in [-0.4, -0.2) is 25.2 Å². The van der Waals surface area contributed by atoms with Crippen molar-refractivity contribution in [2.24, 2.45) is 20.4 Å². The first-order valence-electron chi connectivity index (χ1n) is 5.36. The maximum atomic E-state index is 11.0. The van der Waals surface area contributed by atoms with E-state index in [0.717, 1.165) is 11.3 Å². The van der Waals surface area contributed by atoms with Gasteiger partial charge in [-0.2, -0.15) is 5.10 Å². The van der Waals surface area contributed by atoms with E-state index in [2.05, 4.69) is 32.3 Å². The molecule has 1 aliphatic rings. The molecule has 0 spiro atoms. The predicted octanol–water partition coefficient (Wildman–Crippen LogP) is 2.12. The fraction of sp³-hybridized carbons (Fsp3) is 0.0833. The van der Waals surface area contributed by atoms with Gasteiger partial charge in [0.1, 0.15) is 11.4 Å². The molecule has 2 rings (SSSR count). The standard InChI is InChI=1S/C12H11N5O2/c1-8-11(14-12(18)17-15-8)16-13-7-9-4-3-5-10(6-9)19-2/h3-7H,1H2,2H3,(H,14,16,18)/b13-7+. The molecule has 0 aromatic heterocycles. The summed E-state index contributed by atoms with van der Waals surface area (Å²) in [6, 6.07) is 6.72. The van der Waals surface area contributed by atoms with E-state index in [-0.39, 0.29) is 11.5 Å². The van der Waals surface area contributed by atoms with Gasteiger partial charge in [0.2, 0.25) is 0 Å². The number of urea groups is 1.